The van der Waals surface area contributed by atoms with E-state index in [4.69, 9.17) is 1.37 Å². The molecule has 4 heteroatoms. The molecule has 2 aliphatic rings. The van der Waals surface area contributed by atoms with Gasteiger partial charge in [-0.25, -0.2) is 0 Å². The first-order valence-corrected chi connectivity index (χ1v) is 5.28. The Labute approximate surface area is 89.9 Å². The van der Waals surface area contributed by atoms with Gasteiger partial charge in [0, 0.05) is 39.3 Å². The lowest BCUT2D eigenvalue weighted by Gasteiger charge is -2.37. The molecule has 0 radical (unpaired) electrons. The van der Waals surface area contributed by atoms with Crippen LogP contribution >= 0.6 is 0 Å². The van der Waals surface area contributed by atoms with Gasteiger partial charge in [-0.05, 0) is 19.0 Å². The fourth-order valence-electron chi connectivity index (χ4n) is 2.60. The lowest BCUT2D eigenvalue weighted by atomic mass is 10.1. The van der Waals surface area contributed by atoms with Crippen LogP contribution in [0.5, 0.6) is 0 Å². The van der Waals surface area contributed by atoms with Gasteiger partial charge in [-0.15, -0.1) is 0 Å². The Morgan fingerprint density at radius 1 is 1.60 bits per heavy atom. The number of hydrogen-bond donors (Lipinski definition) is 1. The Bertz CT molecular complexity index is 459. The van der Waals surface area contributed by atoms with E-state index >= 15 is 0 Å². The molecule has 15 heavy (non-hydrogen) atoms. The predicted octanol–water partition coefficient (Wildman–Crippen LogP) is 0.0514. The summed E-state index contributed by atoms with van der Waals surface area (Å²) in [5.41, 5.74) is 2.31. The monoisotopic (exact) mass is 206 g/mol. The highest BCUT2D eigenvalue weighted by atomic mass is 16.1. The first-order valence-electron chi connectivity index (χ1n) is 5.98. The van der Waals surface area contributed by atoms with Gasteiger partial charge in [0.2, 0.25) is 5.56 Å². The zero-order chi connectivity index (χ0) is 11.1. The van der Waals surface area contributed by atoms with Gasteiger partial charge in [0.1, 0.15) is 0 Å². The second-order valence-electron chi connectivity index (χ2n) is 4.34. The Hall–Kier alpha value is -1.29. The zero-order valence-electron chi connectivity index (χ0n) is 9.57. The second kappa shape index (κ2) is 3.10. The van der Waals surface area contributed by atoms with Gasteiger partial charge in [-0.3, -0.25) is 4.79 Å². The van der Waals surface area contributed by atoms with Crippen LogP contribution < -0.4 is 10.5 Å². The van der Waals surface area contributed by atoms with Crippen molar-refractivity contribution >= 4 is 5.69 Å². The molecular weight excluding hydrogens is 190 g/mol. The van der Waals surface area contributed by atoms with Crippen molar-refractivity contribution in [2.24, 2.45) is 0 Å². The normalized spacial score (nSPS) is 26.0. The molecule has 4 nitrogen and oxygen atoms in total. The van der Waals surface area contributed by atoms with Gasteiger partial charge in [-0.2, -0.15) is 0 Å². The Morgan fingerprint density at radius 3 is 3.40 bits per heavy atom. The SMILES string of the molecule is [2H]CN1CCN2c3c[nH]c(=O)cc3CC2C1. The van der Waals surface area contributed by atoms with Gasteiger partial charge in [0.05, 0.1) is 5.69 Å². The summed E-state index contributed by atoms with van der Waals surface area (Å²) in [4.78, 5) is 18.5. The molecule has 1 atom stereocenters. The van der Waals surface area contributed by atoms with E-state index in [-0.39, 0.29) is 5.56 Å². The minimum atomic E-state index is -0.0176. The fourth-order valence-corrected chi connectivity index (χ4v) is 2.60. The number of H-pyrrole nitrogens is 1. The van der Waals surface area contributed by atoms with E-state index in [1.165, 1.54) is 5.69 Å². The van der Waals surface area contributed by atoms with E-state index in [0.29, 0.717) is 13.1 Å². The summed E-state index contributed by atoms with van der Waals surface area (Å²) < 4.78 is 7.39. The van der Waals surface area contributed by atoms with Crippen LogP contribution in [0.2, 0.25) is 0 Å². The number of hydrogen-bond acceptors (Lipinski definition) is 3. The summed E-state index contributed by atoms with van der Waals surface area (Å²) in [5, 5.41) is 0. The lowest BCUT2D eigenvalue weighted by Crippen LogP contribution is -2.50. The maximum Gasteiger partial charge on any atom is 0.248 e. The lowest BCUT2D eigenvalue weighted by molar-refractivity contribution is 0.273. The number of aromatic nitrogens is 1. The molecule has 0 amide bonds. The zero-order valence-corrected chi connectivity index (χ0v) is 8.57. The van der Waals surface area contributed by atoms with Gasteiger partial charge in [0.25, 0.3) is 0 Å². The molecule has 0 bridgehead atoms. The summed E-state index contributed by atoms with van der Waals surface area (Å²) in [7, 11) is 0.375. The van der Waals surface area contributed by atoms with E-state index in [0.717, 1.165) is 31.6 Å². The average molecular weight is 206 g/mol. The molecule has 2 aliphatic heterocycles. The third kappa shape index (κ3) is 1.36. The van der Waals surface area contributed by atoms with Crippen LogP contribution in [0.3, 0.4) is 0 Å². The van der Waals surface area contributed by atoms with E-state index in [2.05, 4.69) is 14.8 Å². The van der Waals surface area contributed by atoms with Crippen molar-refractivity contribution in [3.05, 3.63) is 28.2 Å². The van der Waals surface area contributed by atoms with E-state index in [9.17, 15) is 4.79 Å². The molecule has 1 aromatic rings. The first kappa shape index (κ1) is 7.93. The minimum Gasteiger partial charge on any atom is -0.364 e. The van der Waals surface area contributed by atoms with Gasteiger partial charge >= 0.3 is 0 Å². The molecule has 1 unspecified atom stereocenters. The molecule has 0 spiro atoms. The van der Waals surface area contributed by atoms with Crippen LogP contribution in [0.15, 0.2) is 17.1 Å². The molecule has 3 rings (SSSR count). The quantitative estimate of drug-likeness (QED) is 0.652. The molecule has 0 saturated carbocycles. The van der Waals surface area contributed by atoms with Crippen molar-refractivity contribution in [1.82, 2.24) is 9.88 Å². The van der Waals surface area contributed by atoms with Gasteiger partial charge in [0.15, 0.2) is 0 Å². The van der Waals surface area contributed by atoms with Crippen LogP contribution in [-0.2, 0) is 6.42 Å². The Morgan fingerprint density at radius 2 is 2.53 bits per heavy atom. The van der Waals surface area contributed by atoms with Crippen molar-refractivity contribution in [3.63, 3.8) is 0 Å². The highest BCUT2D eigenvalue weighted by Crippen LogP contribution is 2.31. The summed E-state index contributed by atoms with van der Waals surface area (Å²) >= 11 is 0. The van der Waals surface area contributed by atoms with Crippen molar-refractivity contribution < 1.29 is 1.37 Å². The smallest absolute Gasteiger partial charge is 0.248 e. The fraction of sp³-hybridized carbons (Fsp3) is 0.545. The molecule has 1 saturated heterocycles. The maximum absolute atomic E-state index is 11.2. The number of aromatic amines is 1. The Balaban J connectivity index is 1.90. The highest BCUT2D eigenvalue weighted by Gasteiger charge is 2.32. The van der Waals surface area contributed by atoms with Crippen LogP contribution in [0.25, 0.3) is 0 Å². The molecular formula is C11H15N3O. The number of pyridine rings is 1. The summed E-state index contributed by atoms with van der Waals surface area (Å²) in [5.74, 6) is 0. The van der Waals surface area contributed by atoms with Crippen molar-refractivity contribution in [3.8, 4) is 0 Å². The predicted molar refractivity (Wildman–Crippen MR) is 59.4 cm³/mol. The number of fused-ring (bicyclic) bond motifs is 3. The van der Waals surface area contributed by atoms with Crippen molar-refractivity contribution in [1.29, 1.82) is 0 Å². The summed E-state index contributed by atoms with van der Waals surface area (Å²) in [6, 6.07) is 2.16. The molecule has 3 heterocycles. The van der Waals surface area contributed by atoms with E-state index in [1.807, 2.05) is 6.20 Å². The number of piperazine rings is 1. The molecule has 0 aromatic carbocycles. The van der Waals surface area contributed by atoms with Crippen molar-refractivity contribution in [2.45, 2.75) is 12.5 Å². The van der Waals surface area contributed by atoms with Crippen molar-refractivity contribution in [2.75, 3.05) is 31.6 Å². The number of rotatable bonds is 0. The van der Waals surface area contributed by atoms with Gasteiger partial charge in [-0.1, -0.05) is 0 Å². The minimum absolute atomic E-state index is 0.0176. The topological polar surface area (TPSA) is 39.3 Å². The standard InChI is InChI=1S/C11H15N3O/c1-13-2-3-14-9(7-13)4-8-5-11(15)12-6-10(8)14/h5-6,9H,2-4,7H2,1H3,(H,12,15)/i1D. The molecule has 1 fully saturated rings. The molecule has 1 aromatic heterocycles. The second-order valence-corrected chi connectivity index (χ2v) is 4.34. The molecule has 0 aliphatic carbocycles. The number of likely N-dealkylation sites (N-methyl/N-ethyl adjacent to an activating group) is 1. The van der Waals surface area contributed by atoms with Crippen LogP contribution in [0.1, 0.15) is 6.93 Å². The maximum atomic E-state index is 11.2. The van der Waals surface area contributed by atoms with Crippen LogP contribution in [0.4, 0.5) is 5.69 Å². The number of anilines is 1. The summed E-state index contributed by atoms with van der Waals surface area (Å²) in [6.45, 7) is 2.84. The van der Waals surface area contributed by atoms with E-state index in [1.54, 1.807) is 6.07 Å². The van der Waals surface area contributed by atoms with Gasteiger partial charge < -0.3 is 14.8 Å². The molecule has 80 valence electrons. The molecule has 1 N–H and O–H groups in total. The van der Waals surface area contributed by atoms with E-state index < -0.39 is 0 Å². The highest BCUT2D eigenvalue weighted by molar-refractivity contribution is 5.58. The third-order valence-electron chi connectivity index (χ3n) is 3.32. The largest absolute Gasteiger partial charge is 0.364 e. The first-order chi connectivity index (χ1) is 7.78. The van der Waals surface area contributed by atoms with Crippen LogP contribution in [-0.4, -0.2) is 42.6 Å². The number of nitrogens with zero attached hydrogens (tertiary/aromatic N) is 2. The summed E-state index contributed by atoms with van der Waals surface area (Å²) in [6.07, 6.45) is 2.77. The Kier molecular flexibility index (Phi) is 1.64. The number of nitrogens with one attached hydrogen (secondary N) is 1. The van der Waals surface area contributed by atoms with Crippen LogP contribution in [0, 0.1) is 0 Å². The average Bonchev–Trinajstić information content (AvgIpc) is 2.64. The third-order valence-corrected chi connectivity index (χ3v) is 3.32.